The zero-order chi connectivity index (χ0) is 17.7. The van der Waals surface area contributed by atoms with Crippen molar-refractivity contribution in [3.8, 4) is 0 Å². The molecular formula is C23H27Cl. The standard InChI is InChI=1S/C23H27Cl/c1-15-7-9-17(10-8-15)16(2)18-13-19-20(14-21(18)24)23(5,6)12-11-22(19,3)4/h7-10,13-14H,2,11-12H2,1,3-6H3. The first kappa shape index (κ1) is 17.3. The lowest BCUT2D eigenvalue weighted by molar-refractivity contribution is 0.332. The number of benzene rings is 2. The minimum absolute atomic E-state index is 0.178. The molecule has 0 amide bonds. The first-order valence-corrected chi connectivity index (χ1v) is 9.10. The second-order valence-electron chi connectivity index (χ2n) is 8.49. The van der Waals surface area contributed by atoms with Crippen LogP contribution in [0.5, 0.6) is 0 Å². The summed E-state index contributed by atoms with van der Waals surface area (Å²) in [6.07, 6.45) is 2.40. The van der Waals surface area contributed by atoms with Crippen LogP contribution in [0.4, 0.5) is 0 Å². The van der Waals surface area contributed by atoms with Crippen LogP contribution in [-0.4, -0.2) is 0 Å². The van der Waals surface area contributed by atoms with Gasteiger partial charge in [-0.15, -0.1) is 0 Å². The number of fused-ring (bicyclic) bond motifs is 1. The van der Waals surface area contributed by atoms with Crippen LogP contribution in [0.25, 0.3) is 5.57 Å². The van der Waals surface area contributed by atoms with Gasteiger partial charge in [0.15, 0.2) is 0 Å². The lowest BCUT2D eigenvalue weighted by Crippen LogP contribution is -2.34. The number of aryl methyl sites for hydroxylation is 1. The average Bonchev–Trinajstić information content (AvgIpc) is 2.52. The van der Waals surface area contributed by atoms with Gasteiger partial charge in [0.2, 0.25) is 0 Å². The predicted molar refractivity (Wildman–Crippen MR) is 106 cm³/mol. The highest BCUT2D eigenvalue weighted by Gasteiger charge is 2.37. The van der Waals surface area contributed by atoms with Gasteiger partial charge in [0.05, 0.1) is 0 Å². The van der Waals surface area contributed by atoms with Gasteiger partial charge in [0.25, 0.3) is 0 Å². The Morgan fingerprint density at radius 2 is 1.42 bits per heavy atom. The fourth-order valence-electron chi connectivity index (χ4n) is 3.73. The highest BCUT2D eigenvalue weighted by atomic mass is 35.5. The summed E-state index contributed by atoms with van der Waals surface area (Å²) in [7, 11) is 0. The Balaban J connectivity index is 2.14. The van der Waals surface area contributed by atoms with Crippen molar-refractivity contribution in [2.45, 2.75) is 58.3 Å². The van der Waals surface area contributed by atoms with Crippen LogP contribution in [0, 0.1) is 6.92 Å². The van der Waals surface area contributed by atoms with Gasteiger partial charge < -0.3 is 0 Å². The molecule has 1 aliphatic carbocycles. The van der Waals surface area contributed by atoms with Crippen LogP contribution in [0.1, 0.15) is 68.4 Å². The molecule has 0 N–H and O–H groups in total. The van der Waals surface area contributed by atoms with Gasteiger partial charge in [-0.05, 0) is 65.0 Å². The molecule has 0 radical (unpaired) electrons. The Labute approximate surface area is 151 Å². The molecule has 0 fully saturated rings. The van der Waals surface area contributed by atoms with Crippen LogP contribution in [-0.2, 0) is 10.8 Å². The smallest absolute Gasteiger partial charge is 0.0487 e. The largest absolute Gasteiger partial charge is 0.0905 e. The van der Waals surface area contributed by atoms with Crippen LogP contribution in [0.15, 0.2) is 43.0 Å². The normalized spacial score (nSPS) is 18.1. The van der Waals surface area contributed by atoms with Crippen LogP contribution in [0.2, 0.25) is 5.02 Å². The van der Waals surface area contributed by atoms with Crippen LogP contribution in [0.3, 0.4) is 0 Å². The van der Waals surface area contributed by atoms with Crippen LogP contribution < -0.4 is 0 Å². The first-order chi connectivity index (χ1) is 11.1. The molecule has 0 saturated carbocycles. The number of halogens is 1. The Hall–Kier alpha value is -1.53. The summed E-state index contributed by atoms with van der Waals surface area (Å²) in [4.78, 5) is 0. The van der Waals surface area contributed by atoms with Gasteiger partial charge in [-0.3, -0.25) is 0 Å². The van der Waals surface area contributed by atoms with E-state index in [1.807, 2.05) is 0 Å². The SMILES string of the molecule is C=C(c1ccc(C)cc1)c1cc2c(cc1Cl)C(C)(C)CCC2(C)C. The minimum atomic E-state index is 0.178. The second-order valence-corrected chi connectivity index (χ2v) is 8.90. The molecular weight excluding hydrogens is 312 g/mol. The molecule has 24 heavy (non-hydrogen) atoms. The highest BCUT2D eigenvalue weighted by Crippen LogP contribution is 2.48. The molecule has 0 spiro atoms. The quantitative estimate of drug-likeness (QED) is 0.549. The van der Waals surface area contributed by atoms with Crippen molar-refractivity contribution in [3.05, 3.63) is 75.8 Å². The lowest BCUT2D eigenvalue weighted by Gasteiger charge is -2.42. The molecule has 0 aromatic heterocycles. The van der Waals surface area contributed by atoms with E-state index < -0.39 is 0 Å². The molecule has 126 valence electrons. The molecule has 1 aliphatic rings. The summed E-state index contributed by atoms with van der Waals surface area (Å²) in [5, 5.41) is 0.810. The lowest BCUT2D eigenvalue weighted by atomic mass is 9.63. The molecule has 0 bridgehead atoms. The predicted octanol–water partition coefficient (Wildman–Crippen LogP) is 7.06. The van der Waals surface area contributed by atoms with E-state index in [0.717, 1.165) is 21.7 Å². The third-order valence-corrected chi connectivity index (χ3v) is 5.98. The molecule has 0 unspecified atom stereocenters. The second kappa shape index (κ2) is 5.77. The number of rotatable bonds is 2. The Morgan fingerprint density at radius 3 is 1.96 bits per heavy atom. The van der Waals surface area contributed by atoms with E-state index in [4.69, 9.17) is 11.6 Å². The van der Waals surface area contributed by atoms with E-state index in [0.29, 0.717) is 0 Å². The molecule has 2 aromatic carbocycles. The van der Waals surface area contributed by atoms with Crippen molar-refractivity contribution in [1.29, 1.82) is 0 Å². The Bertz CT molecular complexity index is 792. The Morgan fingerprint density at radius 1 is 0.917 bits per heavy atom. The summed E-state index contributed by atoms with van der Waals surface area (Å²) < 4.78 is 0. The van der Waals surface area contributed by atoms with Crippen molar-refractivity contribution >= 4 is 17.2 Å². The molecule has 0 aliphatic heterocycles. The van der Waals surface area contributed by atoms with Gasteiger partial charge in [-0.2, -0.15) is 0 Å². The monoisotopic (exact) mass is 338 g/mol. The van der Waals surface area contributed by atoms with Crippen LogP contribution >= 0.6 is 11.6 Å². The fourth-order valence-corrected chi connectivity index (χ4v) is 4.01. The molecule has 2 aromatic rings. The maximum absolute atomic E-state index is 6.70. The Kier molecular flexibility index (Phi) is 4.16. The molecule has 1 heteroatoms. The van der Waals surface area contributed by atoms with Gasteiger partial charge in [0.1, 0.15) is 0 Å². The number of hydrogen-bond donors (Lipinski definition) is 0. The summed E-state index contributed by atoms with van der Waals surface area (Å²) in [5.74, 6) is 0. The van der Waals surface area contributed by atoms with E-state index in [1.165, 1.54) is 29.5 Å². The maximum atomic E-state index is 6.70. The molecule has 3 rings (SSSR count). The zero-order valence-electron chi connectivity index (χ0n) is 15.5. The molecule has 0 atom stereocenters. The van der Waals surface area contributed by atoms with Crippen molar-refractivity contribution in [2.75, 3.05) is 0 Å². The average molecular weight is 339 g/mol. The van der Waals surface area contributed by atoms with E-state index in [1.54, 1.807) is 0 Å². The van der Waals surface area contributed by atoms with Crippen molar-refractivity contribution < 1.29 is 0 Å². The van der Waals surface area contributed by atoms with Crippen molar-refractivity contribution in [1.82, 2.24) is 0 Å². The first-order valence-electron chi connectivity index (χ1n) is 8.73. The summed E-state index contributed by atoms with van der Waals surface area (Å²) in [5.41, 5.74) is 7.62. The minimum Gasteiger partial charge on any atom is -0.0905 e. The highest BCUT2D eigenvalue weighted by molar-refractivity contribution is 6.32. The third kappa shape index (κ3) is 2.93. The molecule has 0 heterocycles. The number of hydrogen-bond acceptors (Lipinski definition) is 0. The van der Waals surface area contributed by atoms with E-state index in [-0.39, 0.29) is 10.8 Å². The van der Waals surface area contributed by atoms with Gasteiger partial charge in [-0.25, -0.2) is 0 Å². The van der Waals surface area contributed by atoms with Crippen molar-refractivity contribution in [3.63, 3.8) is 0 Å². The topological polar surface area (TPSA) is 0 Å². The summed E-state index contributed by atoms with van der Waals surface area (Å²) >= 11 is 6.70. The summed E-state index contributed by atoms with van der Waals surface area (Å²) in [6, 6.07) is 13.0. The zero-order valence-corrected chi connectivity index (χ0v) is 16.2. The van der Waals surface area contributed by atoms with Gasteiger partial charge in [-0.1, -0.05) is 75.7 Å². The van der Waals surface area contributed by atoms with Gasteiger partial charge in [0, 0.05) is 10.6 Å². The fraction of sp³-hybridized carbons (Fsp3) is 0.391. The molecule has 0 saturated heterocycles. The molecule has 0 nitrogen and oxygen atoms in total. The maximum Gasteiger partial charge on any atom is 0.0487 e. The van der Waals surface area contributed by atoms with E-state index in [2.05, 4.69) is 77.6 Å². The van der Waals surface area contributed by atoms with E-state index >= 15 is 0 Å². The van der Waals surface area contributed by atoms with E-state index in [9.17, 15) is 0 Å². The summed E-state index contributed by atoms with van der Waals surface area (Å²) in [6.45, 7) is 15.8. The van der Waals surface area contributed by atoms with Crippen molar-refractivity contribution in [2.24, 2.45) is 0 Å². The van der Waals surface area contributed by atoms with Gasteiger partial charge >= 0.3 is 0 Å². The third-order valence-electron chi connectivity index (χ3n) is 5.67.